The molecule has 0 heterocycles. The number of amides is 1. The minimum atomic E-state index is -0.0486. The van der Waals surface area contributed by atoms with Gasteiger partial charge in [0.2, 0.25) is 5.91 Å². The van der Waals surface area contributed by atoms with E-state index in [-0.39, 0.29) is 23.2 Å². The summed E-state index contributed by atoms with van der Waals surface area (Å²) in [5, 5.41) is -0.0486. The second-order valence-electron chi connectivity index (χ2n) is 5.51. The first-order valence-electron chi connectivity index (χ1n) is 6.88. The molecule has 0 saturated heterocycles. The molecule has 0 fully saturated rings. The molecule has 0 aromatic heterocycles. The van der Waals surface area contributed by atoms with Crippen LogP contribution >= 0.6 is 11.8 Å². The Kier molecular flexibility index (Phi) is 5.92. The van der Waals surface area contributed by atoms with E-state index in [2.05, 4.69) is 58.9 Å². The molecule has 106 valence electrons. The molecule has 0 saturated carbocycles. The van der Waals surface area contributed by atoms with Crippen molar-refractivity contribution in [1.29, 1.82) is 0 Å². The monoisotopic (exact) mass is 279 g/mol. The van der Waals surface area contributed by atoms with E-state index in [0.29, 0.717) is 0 Å². The van der Waals surface area contributed by atoms with E-state index in [1.807, 2.05) is 11.8 Å². The zero-order chi connectivity index (χ0) is 14.6. The topological polar surface area (TPSA) is 20.3 Å². The fourth-order valence-corrected chi connectivity index (χ4v) is 3.11. The number of hydrogen-bond donors (Lipinski definition) is 0. The third-order valence-corrected chi connectivity index (χ3v) is 4.15. The van der Waals surface area contributed by atoms with Crippen LogP contribution in [0, 0.1) is 6.92 Å². The van der Waals surface area contributed by atoms with Crippen molar-refractivity contribution in [2.24, 2.45) is 0 Å². The summed E-state index contributed by atoms with van der Waals surface area (Å²) in [4.78, 5) is 15.6. The van der Waals surface area contributed by atoms with Gasteiger partial charge in [0.25, 0.3) is 0 Å². The Hall–Kier alpha value is -0.960. The number of rotatable bonds is 5. The minimum absolute atomic E-state index is 0.0486. The number of nitrogens with zero attached hydrogens (tertiary/aromatic N) is 1. The Morgan fingerprint density at radius 1 is 1.00 bits per heavy atom. The molecule has 1 unspecified atom stereocenters. The molecule has 0 aliphatic heterocycles. The Labute approximate surface area is 121 Å². The highest BCUT2D eigenvalue weighted by molar-refractivity contribution is 8.00. The average molecular weight is 279 g/mol. The predicted octanol–water partition coefficient (Wildman–Crippen LogP) is 4.12. The molecular formula is C16H25NOS. The molecule has 0 radical (unpaired) electrons. The number of thioether (sulfide) groups is 1. The lowest BCUT2D eigenvalue weighted by Gasteiger charge is -2.33. The summed E-state index contributed by atoms with van der Waals surface area (Å²) in [6.07, 6.45) is 0. The van der Waals surface area contributed by atoms with Crippen LogP contribution in [0.2, 0.25) is 0 Å². The van der Waals surface area contributed by atoms with Gasteiger partial charge in [-0.3, -0.25) is 4.79 Å². The summed E-state index contributed by atoms with van der Waals surface area (Å²) < 4.78 is 0. The van der Waals surface area contributed by atoms with Crippen LogP contribution in [-0.4, -0.2) is 28.1 Å². The van der Waals surface area contributed by atoms with Gasteiger partial charge in [0.1, 0.15) is 0 Å². The van der Waals surface area contributed by atoms with Crippen molar-refractivity contribution in [3.8, 4) is 0 Å². The van der Waals surface area contributed by atoms with Crippen LogP contribution in [0.15, 0.2) is 29.2 Å². The van der Waals surface area contributed by atoms with Gasteiger partial charge in [-0.1, -0.05) is 17.7 Å². The number of benzene rings is 1. The standard InChI is InChI=1S/C16H25NOS/c1-11(2)17(12(3)4)16(18)14(6)19-15-9-7-13(5)8-10-15/h7-12,14H,1-6H3. The fourth-order valence-electron chi connectivity index (χ4n) is 2.19. The van der Waals surface area contributed by atoms with Crippen LogP contribution in [0.1, 0.15) is 40.2 Å². The van der Waals surface area contributed by atoms with E-state index in [4.69, 9.17) is 0 Å². The molecule has 0 aliphatic rings. The lowest BCUT2D eigenvalue weighted by Crippen LogP contribution is -2.45. The molecular weight excluding hydrogens is 254 g/mol. The molecule has 1 rings (SSSR count). The Bertz CT molecular complexity index is 403. The number of hydrogen-bond acceptors (Lipinski definition) is 2. The van der Waals surface area contributed by atoms with Crippen LogP contribution in [0.5, 0.6) is 0 Å². The Morgan fingerprint density at radius 3 is 1.89 bits per heavy atom. The quantitative estimate of drug-likeness (QED) is 0.756. The second kappa shape index (κ2) is 6.99. The molecule has 0 N–H and O–H groups in total. The fraction of sp³-hybridized carbons (Fsp3) is 0.562. The van der Waals surface area contributed by atoms with Gasteiger partial charge in [0.05, 0.1) is 5.25 Å². The second-order valence-corrected chi connectivity index (χ2v) is 6.92. The highest BCUT2D eigenvalue weighted by Crippen LogP contribution is 2.25. The van der Waals surface area contributed by atoms with Crippen LogP contribution in [0.3, 0.4) is 0 Å². The van der Waals surface area contributed by atoms with E-state index in [0.717, 1.165) is 4.90 Å². The van der Waals surface area contributed by atoms with Gasteiger partial charge >= 0.3 is 0 Å². The van der Waals surface area contributed by atoms with Crippen molar-refractivity contribution >= 4 is 17.7 Å². The Balaban J connectivity index is 2.73. The SMILES string of the molecule is Cc1ccc(SC(C)C(=O)N(C(C)C)C(C)C)cc1. The predicted molar refractivity (Wildman–Crippen MR) is 83.6 cm³/mol. The first-order chi connectivity index (χ1) is 8.82. The molecule has 1 atom stereocenters. The van der Waals surface area contributed by atoms with Crippen molar-refractivity contribution < 1.29 is 4.79 Å². The van der Waals surface area contributed by atoms with Crippen LogP contribution in [0.25, 0.3) is 0 Å². The van der Waals surface area contributed by atoms with E-state index in [1.54, 1.807) is 11.8 Å². The first-order valence-corrected chi connectivity index (χ1v) is 7.76. The maximum absolute atomic E-state index is 12.5. The van der Waals surface area contributed by atoms with Gasteiger partial charge in [-0.05, 0) is 53.7 Å². The molecule has 1 amide bonds. The van der Waals surface area contributed by atoms with Gasteiger partial charge in [-0.15, -0.1) is 11.8 Å². The van der Waals surface area contributed by atoms with Gasteiger partial charge in [0, 0.05) is 17.0 Å². The van der Waals surface area contributed by atoms with Gasteiger partial charge in [-0.2, -0.15) is 0 Å². The van der Waals surface area contributed by atoms with Crippen LogP contribution < -0.4 is 0 Å². The third-order valence-electron chi connectivity index (χ3n) is 3.05. The number of carbonyl (C=O) groups is 1. The highest BCUT2D eigenvalue weighted by Gasteiger charge is 2.25. The van der Waals surface area contributed by atoms with Crippen LogP contribution in [-0.2, 0) is 4.79 Å². The summed E-state index contributed by atoms with van der Waals surface area (Å²) in [5.41, 5.74) is 1.24. The molecule has 3 heteroatoms. The van der Waals surface area contributed by atoms with Crippen molar-refractivity contribution in [3.05, 3.63) is 29.8 Å². The summed E-state index contributed by atoms with van der Waals surface area (Å²) in [5.74, 6) is 0.218. The van der Waals surface area contributed by atoms with Gasteiger partial charge in [0.15, 0.2) is 0 Å². The Morgan fingerprint density at radius 2 is 1.47 bits per heavy atom. The smallest absolute Gasteiger partial charge is 0.236 e. The van der Waals surface area contributed by atoms with E-state index in [9.17, 15) is 4.79 Å². The number of aryl methyl sites for hydroxylation is 1. The zero-order valence-corrected chi connectivity index (χ0v) is 13.6. The van der Waals surface area contributed by atoms with Crippen molar-refractivity contribution in [1.82, 2.24) is 4.90 Å². The minimum Gasteiger partial charge on any atom is -0.337 e. The maximum atomic E-state index is 12.5. The van der Waals surface area contributed by atoms with E-state index in [1.165, 1.54) is 5.56 Å². The number of carbonyl (C=O) groups excluding carboxylic acids is 1. The largest absolute Gasteiger partial charge is 0.337 e. The zero-order valence-electron chi connectivity index (χ0n) is 12.8. The van der Waals surface area contributed by atoms with Gasteiger partial charge < -0.3 is 4.90 Å². The van der Waals surface area contributed by atoms with Crippen molar-refractivity contribution in [2.45, 2.75) is 63.8 Å². The maximum Gasteiger partial charge on any atom is 0.236 e. The molecule has 19 heavy (non-hydrogen) atoms. The first kappa shape index (κ1) is 16.1. The van der Waals surface area contributed by atoms with Gasteiger partial charge in [-0.25, -0.2) is 0 Å². The van der Waals surface area contributed by atoms with Crippen LogP contribution in [0.4, 0.5) is 0 Å². The molecule has 0 spiro atoms. The molecule has 2 nitrogen and oxygen atoms in total. The van der Waals surface area contributed by atoms with Crippen molar-refractivity contribution in [3.63, 3.8) is 0 Å². The lowest BCUT2D eigenvalue weighted by atomic mass is 10.2. The molecule has 0 aliphatic carbocycles. The van der Waals surface area contributed by atoms with E-state index < -0.39 is 0 Å². The average Bonchev–Trinajstić information content (AvgIpc) is 2.31. The summed E-state index contributed by atoms with van der Waals surface area (Å²) in [6.45, 7) is 12.3. The summed E-state index contributed by atoms with van der Waals surface area (Å²) in [7, 11) is 0. The lowest BCUT2D eigenvalue weighted by molar-refractivity contribution is -0.133. The highest BCUT2D eigenvalue weighted by atomic mass is 32.2. The molecule has 1 aromatic carbocycles. The summed E-state index contributed by atoms with van der Waals surface area (Å²) in [6, 6.07) is 8.82. The van der Waals surface area contributed by atoms with E-state index >= 15 is 0 Å². The third kappa shape index (κ3) is 4.57. The normalized spacial score (nSPS) is 12.8. The molecule has 1 aromatic rings. The van der Waals surface area contributed by atoms with Crippen molar-refractivity contribution in [2.75, 3.05) is 0 Å². The summed E-state index contributed by atoms with van der Waals surface area (Å²) >= 11 is 1.63. The molecule has 0 bridgehead atoms.